The number of thiophene rings is 1. The summed E-state index contributed by atoms with van der Waals surface area (Å²) in [7, 11) is 0. The lowest BCUT2D eigenvalue weighted by molar-refractivity contribution is 0.603. The van der Waals surface area contributed by atoms with E-state index in [-0.39, 0.29) is 10.8 Å². The van der Waals surface area contributed by atoms with Crippen molar-refractivity contribution in [3.05, 3.63) is 33.7 Å². The molecule has 0 bridgehead atoms. The Morgan fingerprint density at radius 1 is 1.27 bits per heavy atom. The van der Waals surface area contributed by atoms with Crippen LogP contribution in [0.15, 0.2) is 12.1 Å². The smallest absolute Gasteiger partial charge is 0.181 e. The second kappa shape index (κ2) is 3.87. The van der Waals surface area contributed by atoms with Crippen LogP contribution >= 0.6 is 22.9 Å². The quantitative estimate of drug-likeness (QED) is 0.714. The molecule has 2 aromatic rings. The van der Waals surface area contributed by atoms with Crippen LogP contribution in [-0.2, 0) is 0 Å². The Hall–Kier alpha value is -1.00. The Morgan fingerprint density at radius 3 is 2.53 bits per heavy atom. The van der Waals surface area contributed by atoms with E-state index in [1.54, 1.807) is 18.3 Å². The van der Waals surface area contributed by atoms with Crippen LogP contribution in [0.3, 0.4) is 0 Å². The highest BCUT2D eigenvalue weighted by atomic mass is 35.5. The van der Waals surface area contributed by atoms with Crippen LogP contribution in [0.1, 0.15) is 10.6 Å². The second-order valence-electron chi connectivity index (χ2n) is 3.15. The predicted octanol–water partition coefficient (Wildman–Crippen LogP) is 3.61. The van der Waals surface area contributed by atoms with Crippen molar-refractivity contribution in [1.29, 1.82) is 0 Å². The summed E-state index contributed by atoms with van der Waals surface area (Å²) in [4.78, 5) is 10.0. The van der Waals surface area contributed by atoms with Crippen molar-refractivity contribution in [2.24, 2.45) is 0 Å². The van der Waals surface area contributed by atoms with Crippen molar-refractivity contribution < 1.29 is 4.39 Å². The first-order valence-corrected chi connectivity index (χ1v) is 5.54. The van der Waals surface area contributed by atoms with E-state index in [4.69, 9.17) is 11.6 Å². The summed E-state index contributed by atoms with van der Waals surface area (Å²) in [5, 5.41) is -0.122. The number of aromatic nitrogens is 2. The zero-order valence-electron chi connectivity index (χ0n) is 8.21. The van der Waals surface area contributed by atoms with Gasteiger partial charge in [-0.3, -0.25) is 0 Å². The molecular weight excluding hydrogens is 235 g/mol. The Morgan fingerprint density at radius 2 is 2.00 bits per heavy atom. The minimum atomic E-state index is -0.548. The summed E-state index contributed by atoms with van der Waals surface area (Å²) >= 11 is 7.21. The zero-order chi connectivity index (χ0) is 11.0. The van der Waals surface area contributed by atoms with Gasteiger partial charge in [-0.15, -0.1) is 11.3 Å². The fourth-order valence-corrected chi connectivity index (χ4v) is 2.21. The molecular formula is C10H8ClFN2S. The highest BCUT2D eigenvalue weighted by Crippen LogP contribution is 2.26. The van der Waals surface area contributed by atoms with Gasteiger partial charge in [0.2, 0.25) is 0 Å². The molecule has 0 aliphatic carbocycles. The number of aryl methyl sites for hydroxylation is 2. The van der Waals surface area contributed by atoms with E-state index in [0.29, 0.717) is 5.82 Å². The predicted molar refractivity (Wildman–Crippen MR) is 59.8 cm³/mol. The molecule has 78 valence electrons. The van der Waals surface area contributed by atoms with Crippen LogP contribution < -0.4 is 0 Å². The van der Waals surface area contributed by atoms with Gasteiger partial charge in [0.1, 0.15) is 0 Å². The molecule has 0 aliphatic heterocycles. The summed E-state index contributed by atoms with van der Waals surface area (Å²) in [6, 6.07) is 3.87. The zero-order valence-corrected chi connectivity index (χ0v) is 9.79. The fourth-order valence-electron chi connectivity index (χ4n) is 1.19. The van der Waals surface area contributed by atoms with Crippen LogP contribution in [-0.4, -0.2) is 9.97 Å². The van der Waals surface area contributed by atoms with Crippen LogP contribution in [0.5, 0.6) is 0 Å². The van der Waals surface area contributed by atoms with Crippen molar-refractivity contribution in [1.82, 2.24) is 9.97 Å². The van der Waals surface area contributed by atoms with Gasteiger partial charge in [0.15, 0.2) is 16.8 Å². The van der Waals surface area contributed by atoms with Gasteiger partial charge < -0.3 is 0 Å². The number of halogens is 2. The van der Waals surface area contributed by atoms with Crippen molar-refractivity contribution in [2.75, 3.05) is 0 Å². The van der Waals surface area contributed by atoms with E-state index in [1.165, 1.54) is 0 Å². The van der Waals surface area contributed by atoms with Crippen molar-refractivity contribution in [3.63, 3.8) is 0 Å². The van der Waals surface area contributed by atoms with Gasteiger partial charge in [0, 0.05) is 4.88 Å². The average Bonchev–Trinajstić information content (AvgIpc) is 2.60. The summed E-state index contributed by atoms with van der Waals surface area (Å²) < 4.78 is 13.2. The molecule has 0 radical (unpaired) electrons. The minimum absolute atomic E-state index is 0.122. The van der Waals surface area contributed by atoms with Crippen LogP contribution in [0.4, 0.5) is 4.39 Å². The van der Waals surface area contributed by atoms with E-state index in [1.807, 2.05) is 19.1 Å². The van der Waals surface area contributed by atoms with E-state index >= 15 is 0 Å². The molecule has 0 unspecified atom stereocenters. The molecule has 0 N–H and O–H groups in total. The van der Waals surface area contributed by atoms with Crippen molar-refractivity contribution >= 4 is 22.9 Å². The molecule has 2 rings (SSSR count). The molecule has 2 aromatic heterocycles. The lowest BCUT2D eigenvalue weighted by atomic mass is 10.4. The van der Waals surface area contributed by atoms with Gasteiger partial charge in [-0.2, -0.15) is 0 Å². The maximum absolute atomic E-state index is 13.2. The third kappa shape index (κ3) is 2.01. The summed E-state index contributed by atoms with van der Waals surface area (Å²) in [6.07, 6.45) is 0. The fraction of sp³-hybridized carbons (Fsp3) is 0.200. The first-order valence-electron chi connectivity index (χ1n) is 4.34. The third-order valence-electron chi connectivity index (χ3n) is 1.94. The largest absolute Gasteiger partial charge is 0.229 e. The lowest BCUT2D eigenvalue weighted by Crippen LogP contribution is -1.96. The summed E-state index contributed by atoms with van der Waals surface area (Å²) in [6.45, 7) is 3.57. The minimum Gasteiger partial charge on any atom is -0.229 e. The van der Waals surface area contributed by atoms with Crippen molar-refractivity contribution in [3.8, 4) is 10.7 Å². The second-order valence-corrected chi connectivity index (χ2v) is 4.79. The lowest BCUT2D eigenvalue weighted by Gasteiger charge is -2.01. The number of nitrogens with zero attached hydrogens (tertiary/aromatic N) is 2. The van der Waals surface area contributed by atoms with Gasteiger partial charge in [-0.05, 0) is 26.0 Å². The van der Waals surface area contributed by atoms with Crippen molar-refractivity contribution in [2.45, 2.75) is 13.8 Å². The third-order valence-corrected chi connectivity index (χ3v) is 3.18. The van der Waals surface area contributed by atoms with E-state index < -0.39 is 5.82 Å². The first kappa shape index (κ1) is 10.5. The van der Waals surface area contributed by atoms with Gasteiger partial charge in [-0.25, -0.2) is 14.4 Å². The molecule has 0 spiro atoms. The van der Waals surface area contributed by atoms with E-state index in [0.717, 1.165) is 9.75 Å². The molecule has 2 nitrogen and oxygen atoms in total. The first-order chi connectivity index (χ1) is 7.08. The van der Waals surface area contributed by atoms with E-state index in [9.17, 15) is 4.39 Å². The summed E-state index contributed by atoms with van der Waals surface area (Å²) in [5.41, 5.74) is 0.274. The number of rotatable bonds is 1. The van der Waals surface area contributed by atoms with Crippen LogP contribution in [0, 0.1) is 19.7 Å². The highest BCUT2D eigenvalue weighted by Gasteiger charge is 2.11. The van der Waals surface area contributed by atoms with Gasteiger partial charge in [-0.1, -0.05) is 11.6 Å². The molecule has 0 saturated heterocycles. The maximum atomic E-state index is 13.2. The molecule has 0 aliphatic rings. The average molecular weight is 243 g/mol. The van der Waals surface area contributed by atoms with Crippen LogP contribution in [0.2, 0.25) is 5.15 Å². The SMILES string of the molecule is Cc1ccc(-c2nc(C)c(F)c(Cl)n2)s1. The van der Waals surface area contributed by atoms with Crippen LogP contribution in [0.25, 0.3) is 10.7 Å². The van der Waals surface area contributed by atoms with Gasteiger partial charge in [0.25, 0.3) is 0 Å². The van der Waals surface area contributed by atoms with Gasteiger partial charge >= 0.3 is 0 Å². The molecule has 2 heterocycles. The highest BCUT2D eigenvalue weighted by molar-refractivity contribution is 7.15. The molecule has 5 heteroatoms. The summed E-state index contributed by atoms with van der Waals surface area (Å²) in [5.74, 6) is -0.0642. The molecule has 0 saturated carbocycles. The Kier molecular flexibility index (Phi) is 2.71. The molecule has 0 fully saturated rings. The Balaban J connectivity index is 2.55. The molecule has 0 aromatic carbocycles. The molecule has 0 atom stereocenters. The van der Waals surface area contributed by atoms with E-state index in [2.05, 4.69) is 9.97 Å². The normalized spacial score (nSPS) is 10.7. The standard InChI is InChI=1S/C10H8ClFN2S/c1-5-3-4-7(15-5)10-13-6(2)8(12)9(11)14-10/h3-4H,1-2H3. The Bertz CT molecular complexity index is 487. The number of hydrogen-bond donors (Lipinski definition) is 0. The Labute approximate surface area is 95.8 Å². The molecule has 0 amide bonds. The van der Waals surface area contributed by atoms with Gasteiger partial charge in [0.05, 0.1) is 10.6 Å². The topological polar surface area (TPSA) is 25.8 Å². The monoisotopic (exact) mass is 242 g/mol. The maximum Gasteiger partial charge on any atom is 0.181 e. The molecule has 15 heavy (non-hydrogen) atoms. The number of hydrogen-bond acceptors (Lipinski definition) is 3.